The quantitative estimate of drug-likeness (QED) is 0.460. The molecule has 0 bridgehead atoms. The Hall–Kier alpha value is -1.18. The first-order valence-electron chi connectivity index (χ1n) is 6.54. The molecule has 1 fully saturated rings. The molecule has 1 aromatic carbocycles. The Labute approximate surface area is 135 Å². The van der Waals surface area contributed by atoms with E-state index in [0.29, 0.717) is 13.1 Å². The van der Waals surface area contributed by atoms with Crippen LogP contribution in [0.1, 0.15) is 10.4 Å². The highest BCUT2D eigenvalue weighted by molar-refractivity contribution is 9.09. The minimum atomic E-state index is -0.569. The van der Waals surface area contributed by atoms with Crippen molar-refractivity contribution in [2.75, 3.05) is 38.1 Å². The Balaban J connectivity index is 2.13. The summed E-state index contributed by atoms with van der Waals surface area (Å²) in [6.07, 6.45) is 0. The van der Waals surface area contributed by atoms with Crippen LogP contribution < -0.4 is 0 Å². The van der Waals surface area contributed by atoms with Gasteiger partial charge >= 0.3 is 0 Å². The van der Waals surface area contributed by atoms with Crippen LogP contribution in [-0.4, -0.2) is 58.7 Å². The molecule has 1 aliphatic heterocycles. The average molecular weight is 377 g/mol. The summed E-state index contributed by atoms with van der Waals surface area (Å²) in [5.74, 6) is -0.308. The number of halogens is 2. The number of carbonyl (C=O) groups is 1. The summed E-state index contributed by atoms with van der Waals surface area (Å²) in [5, 5.41) is 12.2. The number of nitro groups is 1. The monoisotopic (exact) mass is 375 g/mol. The second-order valence-electron chi connectivity index (χ2n) is 4.74. The van der Waals surface area contributed by atoms with Gasteiger partial charge in [0.05, 0.1) is 4.92 Å². The number of alkyl halides is 1. The zero-order chi connectivity index (χ0) is 15.4. The molecule has 2 rings (SSSR count). The van der Waals surface area contributed by atoms with E-state index in [4.69, 9.17) is 11.6 Å². The average Bonchev–Trinajstić information content (AvgIpc) is 2.47. The summed E-state index contributed by atoms with van der Waals surface area (Å²) in [6, 6.07) is 4.15. The molecule has 0 radical (unpaired) electrons. The number of nitrogens with zero attached hydrogens (tertiary/aromatic N) is 3. The lowest BCUT2D eigenvalue weighted by atomic mass is 10.1. The maximum absolute atomic E-state index is 12.5. The van der Waals surface area contributed by atoms with Crippen LogP contribution in [0.15, 0.2) is 18.2 Å². The minimum Gasteiger partial charge on any atom is -0.336 e. The lowest BCUT2D eigenvalue weighted by molar-refractivity contribution is -0.385. The van der Waals surface area contributed by atoms with E-state index < -0.39 is 4.92 Å². The highest BCUT2D eigenvalue weighted by Gasteiger charge is 2.27. The number of nitro benzene ring substituents is 1. The van der Waals surface area contributed by atoms with Crippen LogP contribution in [0.5, 0.6) is 0 Å². The Morgan fingerprint density at radius 1 is 1.33 bits per heavy atom. The maximum atomic E-state index is 12.5. The van der Waals surface area contributed by atoms with Gasteiger partial charge in [0.15, 0.2) is 0 Å². The molecule has 1 aliphatic rings. The Bertz CT molecular complexity index is 547. The van der Waals surface area contributed by atoms with E-state index in [1.807, 2.05) is 0 Å². The zero-order valence-electron chi connectivity index (χ0n) is 11.3. The van der Waals surface area contributed by atoms with Crippen LogP contribution in [0.3, 0.4) is 0 Å². The number of hydrogen-bond acceptors (Lipinski definition) is 4. The van der Waals surface area contributed by atoms with Gasteiger partial charge in [0, 0.05) is 49.1 Å². The first-order chi connectivity index (χ1) is 10.0. The predicted octanol–water partition coefficient (Wildman–Crippen LogP) is 2.40. The van der Waals surface area contributed by atoms with Crippen LogP contribution >= 0.6 is 27.5 Å². The molecule has 1 aromatic rings. The number of hydrogen-bond donors (Lipinski definition) is 0. The highest BCUT2D eigenvalue weighted by atomic mass is 79.9. The molecule has 0 aliphatic carbocycles. The Kier molecular flexibility index (Phi) is 5.55. The summed E-state index contributed by atoms with van der Waals surface area (Å²) in [7, 11) is 0. The van der Waals surface area contributed by atoms with Gasteiger partial charge in [-0.05, 0) is 12.1 Å². The van der Waals surface area contributed by atoms with Crippen molar-refractivity contribution in [1.29, 1.82) is 0 Å². The second kappa shape index (κ2) is 7.20. The fourth-order valence-electron chi connectivity index (χ4n) is 2.30. The molecular weight excluding hydrogens is 362 g/mol. The molecule has 0 atom stereocenters. The smallest absolute Gasteiger partial charge is 0.283 e. The van der Waals surface area contributed by atoms with Crippen molar-refractivity contribution in [3.8, 4) is 0 Å². The third-order valence-corrected chi connectivity index (χ3v) is 4.04. The number of piperazine rings is 1. The van der Waals surface area contributed by atoms with Gasteiger partial charge in [0.2, 0.25) is 0 Å². The molecule has 0 N–H and O–H groups in total. The largest absolute Gasteiger partial charge is 0.336 e. The number of rotatable bonds is 4. The number of carbonyl (C=O) groups excluding carboxylic acids is 1. The van der Waals surface area contributed by atoms with E-state index in [9.17, 15) is 14.9 Å². The first kappa shape index (κ1) is 16.2. The number of benzene rings is 1. The third-order valence-electron chi connectivity index (χ3n) is 3.45. The molecule has 1 amide bonds. The molecule has 1 heterocycles. The van der Waals surface area contributed by atoms with Crippen LogP contribution in [-0.2, 0) is 0 Å². The molecule has 21 heavy (non-hydrogen) atoms. The van der Waals surface area contributed by atoms with E-state index in [2.05, 4.69) is 20.8 Å². The van der Waals surface area contributed by atoms with Crippen molar-refractivity contribution in [2.24, 2.45) is 0 Å². The summed E-state index contributed by atoms with van der Waals surface area (Å²) >= 11 is 9.15. The maximum Gasteiger partial charge on any atom is 0.283 e. The first-order valence-corrected chi connectivity index (χ1v) is 8.04. The fourth-order valence-corrected chi connectivity index (χ4v) is 2.97. The van der Waals surface area contributed by atoms with Gasteiger partial charge in [-0.1, -0.05) is 27.5 Å². The Morgan fingerprint density at radius 2 is 2.00 bits per heavy atom. The van der Waals surface area contributed by atoms with Gasteiger partial charge in [0.25, 0.3) is 11.6 Å². The molecule has 1 saturated heterocycles. The van der Waals surface area contributed by atoms with Crippen molar-refractivity contribution in [1.82, 2.24) is 9.80 Å². The molecule has 0 unspecified atom stereocenters. The Morgan fingerprint density at radius 3 is 2.57 bits per heavy atom. The van der Waals surface area contributed by atoms with E-state index in [-0.39, 0.29) is 22.2 Å². The van der Waals surface area contributed by atoms with Gasteiger partial charge in [-0.2, -0.15) is 0 Å². The second-order valence-corrected chi connectivity index (χ2v) is 5.97. The molecule has 0 aromatic heterocycles. The standard InChI is InChI=1S/C13H15BrClN3O3/c14-3-4-16-5-7-17(8-6-16)13(19)11-2-1-10(15)9-12(11)18(20)21/h1-2,9H,3-8H2. The van der Waals surface area contributed by atoms with Gasteiger partial charge in [0.1, 0.15) is 5.56 Å². The topological polar surface area (TPSA) is 66.7 Å². The summed E-state index contributed by atoms with van der Waals surface area (Å²) in [4.78, 5) is 26.8. The normalized spacial score (nSPS) is 16.0. The van der Waals surface area contributed by atoms with E-state index in [0.717, 1.165) is 25.0 Å². The van der Waals surface area contributed by atoms with Crippen molar-refractivity contribution in [3.63, 3.8) is 0 Å². The van der Waals surface area contributed by atoms with E-state index >= 15 is 0 Å². The SMILES string of the molecule is O=C(c1ccc(Cl)cc1[N+](=O)[O-])N1CCN(CCBr)CC1. The molecule has 6 nitrogen and oxygen atoms in total. The van der Waals surface area contributed by atoms with Crippen molar-refractivity contribution < 1.29 is 9.72 Å². The predicted molar refractivity (Wildman–Crippen MR) is 84.2 cm³/mol. The van der Waals surface area contributed by atoms with E-state index in [1.54, 1.807) is 4.90 Å². The molecule has 8 heteroatoms. The van der Waals surface area contributed by atoms with Crippen molar-refractivity contribution >= 4 is 39.1 Å². The van der Waals surface area contributed by atoms with E-state index in [1.165, 1.54) is 18.2 Å². The molecular formula is C13H15BrClN3O3. The zero-order valence-corrected chi connectivity index (χ0v) is 13.6. The van der Waals surface area contributed by atoms with Gasteiger partial charge < -0.3 is 4.90 Å². The molecule has 0 spiro atoms. The summed E-state index contributed by atoms with van der Waals surface area (Å²) < 4.78 is 0. The summed E-state index contributed by atoms with van der Waals surface area (Å²) in [5.41, 5.74) is -0.145. The number of amides is 1. The van der Waals surface area contributed by atoms with Crippen molar-refractivity contribution in [2.45, 2.75) is 0 Å². The summed E-state index contributed by atoms with van der Waals surface area (Å²) in [6.45, 7) is 3.64. The van der Waals surface area contributed by atoms with Crippen LogP contribution in [0, 0.1) is 10.1 Å². The lowest BCUT2D eigenvalue weighted by Crippen LogP contribution is -2.49. The third kappa shape index (κ3) is 3.93. The highest BCUT2D eigenvalue weighted by Crippen LogP contribution is 2.24. The van der Waals surface area contributed by atoms with Gasteiger partial charge in [-0.25, -0.2) is 0 Å². The lowest BCUT2D eigenvalue weighted by Gasteiger charge is -2.34. The minimum absolute atomic E-state index is 0.0957. The molecule has 0 saturated carbocycles. The van der Waals surface area contributed by atoms with Gasteiger partial charge in [-0.15, -0.1) is 0 Å². The van der Waals surface area contributed by atoms with Crippen LogP contribution in [0.25, 0.3) is 0 Å². The van der Waals surface area contributed by atoms with Crippen LogP contribution in [0.2, 0.25) is 5.02 Å². The van der Waals surface area contributed by atoms with Crippen molar-refractivity contribution in [3.05, 3.63) is 38.9 Å². The molecule has 114 valence electrons. The van der Waals surface area contributed by atoms with Gasteiger partial charge in [-0.3, -0.25) is 19.8 Å². The van der Waals surface area contributed by atoms with Crippen LogP contribution in [0.4, 0.5) is 5.69 Å². The fraction of sp³-hybridized carbons (Fsp3) is 0.462.